The molecule has 18 heavy (non-hydrogen) atoms. The van der Waals surface area contributed by atoms with E-state index in [1.54, 1.807) is 6.33 Å². The van der Waals surface area contributed by atoms with E-state index < -0.39 is 5.41 Å². The minimum atomic E-state index is -0.446. The molecule has 1 aliphatic heterocycles. The fourth-order valence-electron chi connectivity index (χ4n) is 2.31. The summed E-state index contributed by atoms with van der Waals surface area (Å²) in [7, 11) is 1.94. The molecule has 0 fully saturated rings. The average Bonchev–Trinajstić information content (AvgIpc) is 2.83. The van der Waals surface area contributed by atoms with Gasteiger partial charge in [-0.25, -0.2) is 4.98 Å². The van der Waals surface area contributed by atoms with E-state index in [2.05, 4.69) is 10.3 Å². The number of rotatable bonds is 1. The number of hydrogen-bond acceptors (Lipinski definition) is 2. The number of fused-ring (bicyclic) bond motifs is 1. The van der Waals surface area contributed by atoms with Crippen LogP contribution in [0.5, 0.6) is 0 Å². The van der Waals surface area contributed by atoms with Crippen LogP contribution in [0, 0.1) is 0 Å². The van der Waals surface area contributed by atoms with Gasteiger partial charge in [-0.3, -0.25) is 4.79 Å². The first kappa shape index (κ1) is 11.0. The Balaban J connectivity index is 2.09. The van der Waals surface area contributed by atoms with E-state index in [1.807, 2.05) is 49.9 Å². The summed E-state index contributed by atoms with van der Waals surface area (Å²) in [6.45, 7) is 3.88. The van der Waals surface area contributed by atoms with Crippen LogP contribution in [0.3, 0.4) is 0 Å². The van der Waals surface area contributed by atoms with Crippen LogP contribution in [-0.4, -0.2) is 15.5 Å². The van der Waals surface area contributed by atoms with Crippen LogP contribution in [0.1, 0.15) is 19.4 Å². The number of aromatic nitrogens is 2. The lowest BCUT2D eigenvalue weighted by Crippen LogP contribution is -2.26. The minimum Gasteiger partial charge on any atom is -0.340 e. The number of amides is 1. The molecule has 92 valence electrons. The number of carbonyl (C=O) groups excluding carboxylic acids is 1. The van der Waals surface area contributed by atoms with Crippen LogP contribution in [0.15, 0.2) is 30.7 Å². The first-order chi connectivity index (χ1) is 8.48. The second-order valence-corrected chi connectivity index (χ2v) is 5.26. The molecule has 4 heteroatoms. The largest absolute Gasteiger partial charge is 0.340 e. The standard InChI is InChI=1S/C14H15N3O/c1-14(2)10-5-4-9(6-11(10)16-13(14)18)12-7-17(3)8-15-12/h4-8H,1-3H3,(H,16,18). The van der Waals surface area contributed by atoms with Crippen LogP contribution in [0.2, 0.25) is 0 Å². The highest BCUT2D eigenvalue weighted by molar-refractivity contribution is 6.06. The van der Waals surface area contributed by atoms with Gasteiger partial charge in [0.1, 0.15) is 0 Å². The minimum absolute atomic E-state index is 0.0515. The Labute approximate surface area is 106 Å². The van der Waals surface area contributed by atoms with Gasteiger partial charge in [-0.15, -0.1) is 0 Å². The summed E-state index contributed by atoms with van der Waals surface area (Å²) in [5.41, 5.74) is 3.43. The third-order valence-electron chi connectivity index (χ3n) is 3.51. The van der Waals surface area contributed by atoms with Gasteiger partial charge in [0.2, 0.25) is 5.91 Å². The predicted molar refractivity (Wildman–Crippen MR) is 70.3 cm³/mol. The van der Waals surface area contributed by atoms with Gasteiger partial charge in [0.25, 0.3) is 0 Å². The highest BCUT2D eigenvalue weighted by Crippen LogP contribution is 2.39. The molecule has 0 radical (unpaired) electrons. The third-order valence-corrected chi connectivity index (χ3v) is 3.51. The van der Waals surface area contributed by atoms with Crippen molar-refractivity contribution < 1.29 is 4.79 Å². The summed E-state index contributed by atoms with van der Waals surface area (Å²) in [5.74, 6) is 0.0515. The Morgan fingerprint density at radius 3 is 2.78 bits per heavy atom. The lowest BCUT2D eigenvalue weighted by Gasteiger charge is -2.14. The zero-order valence-electron chi connectivity index (χ0n) is 10.7. The second kappa shape index (κ2) is 3.45. The third kappa shape index (κ3) is 1.45. The van der Waals surface area contributed by atoms with E-state index in [4.69, 9.17) is 0 Å². The lowest BCUT2D eigenvalue weighted by atomic mass is 9.86. The number of aryl methyl sites for hydroxylation is 1. The van der Waals surface area contributed by atoms with E-state index in [0.29, 0.717) is 0 Å². The quantitative estimate of drug-likeness (QED) is 0.832. The number of benzene rings is 1. The first-order valence-electron chi connectivity index (χ1n) is 5.93. The van der Waals surface area contributed by atoms with Crippen LogP contribution in [0.4, 0.5) is 5.69 Å². The number of anilines is 1. The average molecular weight is 241 g/mol. The maximum Gasteiger partial charge on any atom is 0.234 e. The van der Waals surface area contributed by atoms with Crippen LogP contribution < -0.4 is 5.32 Å². The molecule has 1 aromatic heterocycles. The molecule has 0 spiro atoms. The van der Waals surface area contributed by atoms with Gasteiger partial charge in [0, 0.05) is 24.5 Å². The van der Waals surface area contributed by atoms with Gasteiger partial charge < -0.3 is 9.88 Å². The molecule has 2 heterocycles. The molecule has 0 atom stereocenters. The van der Waals surface area contributed by atoms with Crippen molar-refractivity contribution in [3.05, 3.63) is 36.3 Å². The molecule has 2 aromatic rings. The summed E-state index contributed by atoms with van der Waals surface area (Å²) in [4.78, 5) is 16.2. The SMILES string of the molecule is Cn1cnc(-c2ccc3c(c2)NC(=O)C3(C)C)c1. The topological polar surface area (TPSA) is 46.9 Å². The Bertz CT molecular complexity index is 640. The van der Waals surface area contributed by atoms with Gasteiger partial charge >= 0.3 is 0 Å². The van der Waals surface area contributed by atoms with Crippen molar-refractivity contribution in [1.29, 1.82) is 0 Å². The van der Waals surface area contributed by atoms with E-state index in [1.165, 1.54) is 0 Å². The molecule has 1 amide bonds. The van der Waals surface area contributed by atoms with Crippen molar-refractivity contribution >= 4 is 11.6 Å². The molecule has 0 unspecified atom stereocenters. The normalized spacial score (nSPS) is 16.5. The number of nitrogens with zero attached hydrogens (tertiary/aromatic N) is 2. The second-order valence-electron chi connectivity index (χ2n) is 5.26. The summed E-state index contributed by atoms with van der Waals surface area (Å²) >= 11 is 0. The summed E-state index contributed by atoms with van der Waals surface area (Å²) in [5, 5.41) is 2.93. The van der Waals surface area contributed by atoms with E-state index >= 15 is 0 Å². The number of nitrogens with one attached hydrogen (secondary N) is 1. The highest BCUT2D eigenvalue weighted by atomic mass is 16.2. The molecule has 0 saturated carbocycles. The summed E-state index contributed by atoms with van der Waals surface area (Å²) in [6.07, 6.45) is 3.73. The molecule has 1 N–H and O–H groups in total. The monoisotopic (exact) mass is 241 g/mol. The van der Waals surface area contributed by atoms with Crippen LogP contribution in [-0.2, 0) is 17.3 Å². The molecule has 0 bridgehead atoms. The van der Waals surface area contributed by atoms with Crippen molar-refractivity contribution in [2.24, 2.45) is 7.05 Å². The Morgan fingerprint density at radius 2 is 2.11 bits per heavy atom. The Hall–Kier alpha value is -2.10. The van der Waals surface area contributed by atoms with Crippen LogP contribution >= 0.6 is 0 Å². The zero-order chi connectivity index (χ0) is 12.9. The fraction of sp³-hybridized carbons (Fsp3) is 0.286. The molecule has 0 saturated heterocycles. The molecule has 1 aliphatic rings. The number of carbonyl (C=O) groups is 1. The molecular formula is C14H15N3O. The van der Waals surface area contributed by atoms with Crippen molar-refractivity contribution in [3.63, 3.8) is 0 Å². The van der Waals surface area contributed by atoms with Gasteiger partial charge in [0.05, 0.1) is 17.4 Å². The maximum atomic E-state index is 11.9. The predicted octanol–water partition coefficient (Wildman–Crippen LogP) is 2.32. The molecule has 4 nitrogen and oxygen atoms in total. The van der Waals surface area contributed by atoms with Gasteiger partial charge in [0.15, 0.2) is 0 Å². The van der Waals surface area contributed by atoms with Crippen molar-refractivity contribution in [2.45, 2.75) is 19.3 Å². The smallest absolute Gasteiger partial charge is 0.234 e. The van der Waals surface area contributed by atoms with Crippen LogP contribution in [0.25, 0.3) is 11.3 Å². The molecule has 0 aliphatic carbocycles. The van der Waals surface area contributed by atoms with Gasteiger partial charge in [-0.2, -0.15) is 0 Å². The van der Waals surface area contributed by atoms with E-state index in [-0.39, 0.29) is 5.91 Å². The lowest BCUT2D eigenvalue weighted by molar-refractivity contribution is -0.119. The first-order valence-corrected chi connectivity index (χ1v) is 5.93. The van der Waals surface area contributed by atoms with Gasteiger partial charge in [-0.05, 0) is 25.5 Å². The van der Waals surface area contributed by atoms with Crippen molar-refractivity contribution in [3.8, 4) is 11.3 Å². The maximum absolute atomic E-state index is 11.9. The molecular weight excluding hydrogens is 226 g/mol. The van der Waals surface area contributed by atoms with Crippen molar-refractivity contribution in [2.75, 3.05) is 5.32 Å². The number of imidazole rings is 1. The zero-order valence-corrected chi connectivity index (χ0v) is 10.7. The Kier molecular flexibility index (Phi) is 2.11. The number of hydrogen-bond donors (Lipinski definition) is 1. The Morgan fingerprint density at radius 1 is 1.33 bits per heavy atom. The highest BCUT2D eigenvalue weighted by Gasteiger charge is 2.38. The van der Waals surface area contributed by atoms with E-state index in [0.717, 1.165) is 22.5 Å². The molecule has 3 rings (SSSR count). The summed E-state index contributed by atoms with van der Waals surface area (Å²) in [6, 6.07) is 6.02. The van der Waals surface area contributed by atoms with Crippen molar-refractivity contribution in [1.82, 2.24) is 9.55 Å². The fourth-order valence-corrected chi connectivity index (χ4v) is 2.31. The van der Waals surface area contributed by atoms with Gasteiger partial charge in [-0.1, -0.05) is 12.1 Å². The molecule has 1 aromatic carbocycles. The summed E-state index contributed by atoms with van der Waals surface area (Å²) < 4.78 is 1.91. The van der Waals surface area contributed by atoms with E-state index in [9.17, 15) is 4.79 Å².